The van der Waals surface area contributed by atoms with Crippen LogP contribution in [0.1, 0.15) is 37.7 Å². The van der Waals surface area contributed by atoms with Crippen molar-refractivity contribution in [2.75, 3.05) is 0 Å². The zero-order valence-electron chi connectivity index (χ0n) is 9.61. The summed E-state index contributed by atoms with van der Waals surface area (Å²) in [6, 6.07) is 8.51. The topological polar surface area (TPSA) is 35.2 Å². The highest BCUT2D eigenvalue weighted by molar-refractivity contribution is 5.28. The summed E-state index contributed by atoms with van der Waals surface area (Å²) < 4.78 is 5.71. The summed E-state index contributed by atoms with van der Waals surface area (Å²) in [6.07, 6.45) is 7.56. The molecule has 2 aliphatic rings. The van der Waals surface area contributed by atoms with Gasteiger partial charge >= 0.3 is 0 Å². The second kappa shape index (κ2) is 3.77. The Morgan fingerprint density at radius 3 is 2.44 bits per heavy atom. The Kier molecular flexibility index (Phi) is 2.40. The van der Waals surface area contributed by atoms with Gasteiger partial charge in [-0.2, -0.15) is 0 Å². The third-order valence-corrected chi connectivity index (χ3v) is 3.55. The molecule has 0 atom stereocenters. The summed E-state index contributed by atoms with van der Waals surface area (Å²) in [4.78, 5) is 0. The first-order valence-electron chi connectivity index (χ1n) is 6.28. The molecule has 0 heterocycles. The first-order valence-corrected chi connectivity index (χ1v) is 6.28. The lowest BCUT2D eigenvalue weighted by Gasteiger charge is -2.09. The average Bonchev–Trinajstić information content (AvgIpc) is 3.18. The van der Waals surface area contributed by atoms with Crippen LogP contribution in [0.4, 0.5) is 0 Å². The number of hydrogen-bond acceptors (Lipinski definition) is 2. The molecule has 1 aromatic rings. The minimum Gasteiger partial charge on any atom is -0.490 e. The van der Waals surface area contributed by atoms with Crippen LogP contribution < -0.4 is 10.5 Å². The first-order chi connectivity index (χ1) is 7.73. The molecule has 0 spiro atoms. The Morgan fingerprint density at radius 1 is 1.19 bits per heavy atom. The number of nitrogens with two attached hydrogens (primary N) is 1. The number of ether oxygens (including phenoxy) is 1. The van der Waals surface area contributed by atoms with Gasteiger partial charge in [0, 0.05) is 5.54 Å². The molecule has 0 unspecified atom stereocenters. The Labute approximate surface area is 96.8 Å². The van der Waals surface area contributed by atoms with Gasteiger partial charge in [-0.1, -0.05) is 12.1 Å². The molecule has 2 saturated carbocycles. The van der Waals surface area contributed by atoms with Crippen molar-refractivity contribution < 1.29 is 4.74 Å². The molecule has 0 saturated heterocycles. The van der Waals surface area contributed by atoms with Gasteiger partial charge in [-0.3, -0.25) is 0 Å². The molecule has 0 amide bonds. The van der Waals surface area contributed by atoms with E-state index in [1.54, 1.807) is 0 Å². The van der Waals surface area contributed by atoms with E-state index in [0.29, 0.717) is 6.10 Å². The van der Waals surface area contributed by atoms with Crippen molar-refractivity contribution in [3.05, 3.63) is 29.8 Å². The van der Waals surface area contributed by atoms with Gasteiger partial charge in [-0.15, -0.1) is 0 Å². The number of rotatable bonds is 5. The van der Waals surface area contributed by atoms with Gasteiger partial charge in [0.2, 0.25) is 0 Å². The Morgan fingerprint density at radius 2 is 1.88 bits per heavy atom. The van der Waals surface area contributed by atoms with Gasteiger partial charge in [-0.25, -0.2) is 0 Å². The lowest BCUT2D eigenvalue weighted by molar-refractivity contribution is 0.303. The van der Waals surface area contributed by atoms with Crippen LogP contribution in [0.25, 0.3) is 0 Å². The molecule has 2 nitrogen and oxygen atoms in total. The molecule has 16 heavy (non-hydrogen) atoms. The summed E-state index contributed by atoms with van der Waals surface area (Å²) in [5, 5.41) is 0. The van der Waals surface area contributed by atoms with E-state index in [0.717, 1.165) is 18.6 Å². The molecule has 3 rings (SSSR count). The molecule has 2 N–H and O–H groups in total. The summed E-state index contributed by atoms with van der Waals surface area (Å²) in [5.74, 6) is 1.01. The van der Waals surface area contributed by atoms with E-state index in [9.17, 15) is 0 Å². The summed E-state index contributed by atoms with van der Waals surface area (Å²) in [6.45, 7) is 0. The second-order valence-electron chi connectivity index (χ2n) is 5.32. The molecular formula is C14H19NO. The zero-order chi connectivity index (χ0) is 11.0. The smallest absolute Gasteiger partial charge is 0.119 e. The normalized spacial score (nSPS) is 21.8. The van der Waals surface area contributed by atoms with Crippen molar-refractivity contribution >= 4 is 0 Å². The third kappa shape index (κ3) is 2.56. The van der Waals surface area contributed by atoms with E-state index >= 15 is 0 Å². The van der Waals surface area contributed by atoms with Crippen molar-refractivity contribution in [1.29, 1.82) is 0 Å². The highest BCUT2D eigenvalue weighted by Crippen LogP contribution is 2.36. The standard InChI is InChI=1S/C14H19NO/c15-14(9-10-14)8-7-11-1-3-12(4-2-11)16-13-5-6-13/h1-4,13H,5-10,15H2. The SMILES string of the molecule is NC1(CCc2ccc(OC3CC3)cc2)CC1. The maximum atomic E-state index is 6.07. The maximum Gasteiger partial charge on any atom is 0.119 e. The van der Waals surface area contributed by atoms with Crippen molar-refractivity contribution in [2.45, 2.75) is 50.2 Å². The minimum atomic E-state index is 0.170. The Bertz CT molecular complexity index is 363. The van der Waals surface area contributed by atoms with Crippen LogP contribution in [0, 0.1) is 0 Å². The van der Waals surface area contributed by atoms with Crippen LogP contribution >= 0.6 is 0 Å². The number of aryl methyl sites for hydroxylation is 1. The van der Waals surface area contributed by atoms with Gasteiger partial charge in [0.15, 0.2) is 0 Å². The second-order valence-corrected chi connectivity index (χ2v) is 5.32. The van der Waals surface area contributed by atoms with Gasteiger partial charge in [0.1, 0.15) is 5.75 Å². The molecule has 2 aliphatic carbocycles. The molecule has 0 radical (unpaired) electrons. The van der Waals surface area contributed by atoms with Gasteiger partial charge < -0.3 is 10.5 Å². The fraction of sp³-hybridized carbons (Fsp3) is 0.571. The van der Waals surface area contributed by atoms with Crippen LogP contribution in [0.2, 0.25) is 0 Å². The fourth-order valence-electron chi connectivity index (χ4n) is 1.92. The molecule has 0 aliphatic heterocycles. The predicted molar refractivity (Wildman–Crippen MR) is 64.6 cm³/mol. The van der Waals surface area contributed by atoms with E-state index < -0.39 is 0 Å². The average molecular weight is 217 g/mol. The summed E-state index contributed by atoms with van der Waals surface area (Å²) >= 11 is 0. The molecule has 2 fully saturated rings. The van der Waals surface area contributed by atoms with Crippen molar-refractivity contribution in [2.24, 2.45) is 5.73 Å². The molecule has 0 bridgehead atoms. The molecule has 0 aromatic heterocycles. The predicted octanol–water partition coefficient (Wildman–Crippen LogP) is 2.65. The van der Waals surface area contributed by atoms with Gasteiger partial charge in [0.25, 0.3) is 0 Å². The van der Waals surface area contributed by atoms with Crippen LogP contribution in [-0.4, -0.2) is 11.6 Å². The van der Waals surface area contributed by atoms with Gasteiger partial charge in [-0.05, 0) is 56.2 Å². The quantitative estimate of drug-likeness (QED) is 0.823. The molecule has 1 aromatic carbocycles. The zero-order valence-corrected chi connectivity index (χ0v) is 9.61. The van der Waals surface area contributed by atoms with Crippen LogP contribution in [0.5, 0.6) is 5.75 Å². The summed E-state index contributed by atoms with van der Waals surface area (Å²) in [5.41, 5.74) is 7.62. The summed E-state index contributed by atoms with van der Waals surface area (Å²) in [7, 11) is 0. The fourth-order valence-corrected chi connectivity index (χ4v) is 1.92. The first kappa shape index (κ1) is 10.2. The largest absolute Gasteiger partial charge is 0.490 e. The maximum absolute atomic E-state index is 6.07. The van der Waals surface area contributed by atoms with E-state index in [1.807, 2.05) is 0 Å². The van der Waals surface area contributed by atoms with Crippen molar-refractivity contribution in [1.82, 2.24) is 0 Å². The lowest BCUT2D eigenvalue weighted by Crippen LogP contribution is -2.22. The lowest BCUT2D eigenvalue weighted by atomic mass is 10.0. The highest BCUT2D eigenvalue weighted by atomic mass is 16.5. The molecule has 86 valence electrons. The van der Waals surface area contributed by atoms with Crippen LogP contribution in [0.15, 0.2) is 24.3 Å². The monoisotopic (exact) mass is 217 g/mol. The minimum absolute atomic E-state index is 0.170. The van der Waals surface area contributed by atoms with E-state index in [-0.39, 0.29) is 5.54 Å². The van der Waals surface area contributed by atoms with Crippen LogP contribution in [-0.2, 0) is 6.42 Å². The Balaban J connectivity index is 1.54. The van der Waals surface area contributed by atoms with Crippen molar-refractivity contribution in [3.8, 4) is 5.75 Å². The molecular weight excluding hydrogens is 198 g/mol. The molecule has 2 heteroatoms. The van der Waals surface area contributed by atoms with Gasteiger partial charge in [0.05, 0.1) is 6.10 Å². The van der Waals surface area contributed by atoms with E-state index in [4.69, 9.17) is 10.5 Å². The van der Waals surface area contributed by atoms with E-state index in [2.05, 4.69) is 24.3 Å². The van der Waals surface area contributed by atoms with E-state index in [1.165, 1.54) is 31.2 Å². The Hall–Kier alpha value is -1.02. The third-order valence-electron chi connectivity index (χ3n) is 3.55. The van der Waals surface area contributed by atoms with Crippen molar-refractivity contribution in [3.63, 3.8) is 0 Å². The number of benzene rings is 1. The number of hydrogen-bond donors (Lipinski definition) is 1. The van der Waals surface area contributed by atoms with Crippen LogP contribution in [0.3, 0.4) is 0 Å². The highest BCUT2D eigenvalue weighted by Gasteiger charge is 2.37.